The minimum atomic E-state index is -5.08. The first kappa shape index (κ1) is 27.2. The van der Waals surface area contributed by atoms with Gasteiger partial charge in [0.25, 0.3) is 0 Å². The van der Waals surface area contributed by atoms with Crippen LogP contribution in [0.25, 0.3) is 22.3 Å². The Morgan fingerprint density at radius 1 is 1.17 bits per heavy atom. The van der Waals surface area contributed by atoms with Gasteiger partial charge in [-0.05, 0) is 38.2 Å². The van der Waals surface area contributed by atoms with Gasteiger partial charge >= 0.3 is 12.1 Å². The maximum Gasteiger partial charge on any atom is 0.490 e. The highest BCUT2D eigenvalue weighted by Crippen LogP contribution is 2.43. The molecule has 36 heavy (non-hydrogen) atoms. The molecule has 0 amide bonds. The number of carboxylic acid groups (broad SMARTS) is 1. The highest BCUT2D eigenvalue weighted by atomic mass is 35.5. The van der Waals surface area contributed by atoms with E-state index in [9.17, 15) is 37.7 Å². The number of likely N-dealkylation sites (tertiary alicyclic amines) is 1. The molecule has 0 unspecified atom stereocenters. The Labute approximate surface area is 205 Å². The van der Waals surface area contributed by atoms with E-state index in [1.54, 1.807) is 0 Å². The minimum absolute atomic E-state index is 0.0148. The normalized spacial score (nSPS) is 18.5. The summed E-state index contributed by atoms with van der Waals surface area (Å²) in [5.41, 5.74) is 0.00200. The molecule has 1 aromatic heterocycles. The van der Waals surface area contributed by atoms with Crippen LogP contribution in [0.15, 0.2) is 39.5 Å². The predicted octanol–water partition coefficient (Wildman–Crippen LogP) is 4.08. The lowest BCUT2D eigenvalue weighted by Gasteiger charge is -2.34. The number of aliphatic hydroxyl groups excluding tert-OH is 1. The summed E-state index contributed by atoms with van der Waals surface area (Å²) < 4.78 is 51.1. The Morgan fingerprint density at radius 3 is 2.36 bits per heavy atom. The van der Waals surface area contributed by atoms with Crippen LogP contribution in [0.1, 0.15) is 17.9 Å². The first-order chi connectivity index (χ1) is 16.7. The Morgan fingerprint density at radius 2 is 1.81 bits per heavy atom. The van der Waals surface area contributed by atoms with E-state index < -0.39 is 41.2 Å². The van der Waals surface area contributed by atoms with Gasteiger partial charge in [-0.15, -0.1) is 0 Å². The van der Waals surface area contributed by atoms with E-state index in [-0.39, 0.29) is 33.1 Å². The third kappa shape index (κ3) is 5.72. The largest absolute Gasteiger partial charge is 0.507 e. The first-order valence-corrected chi connectivity index (χ1v) is 10.7. The maximum atomic E-state index is 13.4. The predicted molar refractivity (Wildman–Crippen MR) is 121 cm³/mol. The molecule has 13 heteroatoms. The number of carboxylic acids is 1. The molecule has 2 heterocycles. The SMILES string of the molecule is CN1CC[C@H](c2c(O)cc(O)c3c(=O)cc(-c4ccc(F)cc4Cl)oc23)[C@H](O)C1.O=C(O)C(F)(F)F. The van der Waals surface area contributed by atoms with E-state index in [0.717, 1.165) is 18.2 Å². The van der Waals surface area contributed by atoms with E-state index >= 15 is 0 Å². The van der Waals surface area contributed by atoms with Gasteiger partial charge in [0.15, 0.2) is 5.43 Å². The smallest absolute Gasteiger partial charge is 0.490 e. The number of phenolic OH excluding ortho intramolecular Hbond substituents is 2. The summed E-state index contributed by atoms with van der Waals surface area (Å²) in [5.74, 6) is -4.40. The van der Waals surface area contributed by atoms with E-state index in [1.807, 2.05) is 11.9 Å². The number of aliphatic carboxylic acids is 1. The summed E-state index contributed by atoms with van der Waals surface area (Å²) in [4.78, 5) is 23.6. The van der Waals surface area contributed by atoms with E-state index in [2.05, 4.69) is 0 Å². The second-order valence-electron chi connectivity index (χ2n) is 8.16. The Hall–Kier alpha value is -3.35. The summed E-state index contributed by atoms with van der Waals surface area (Å²) in [6.45, 7) is 1.07. The van der Waals surface area contributed by atoms with Crippen molar-refractivity contribution < 1.29 is 47.2 Å². The van der Waals surface area contributed by atoms with Crippen LogP contribution >= 0.6 is 11.6 Å². The molecule has 1 aliphatic heterocycles. The van der Waals surface area contributed by atoms with Crippen molar-refractivity contribution in [2.24, 2.45) is 0 Å². The second kappa shape index (κ2) is 10.3. The number of aromatic hydroxyl groups is 2. The monoisotopic (exact) mass is 533 g/mol. The maximum absolute atomic E-state index is 13.4. The molecule has 1 fully saturated rings. The number of aliphatic hydroxyl groups is 1. The molecular formula is C23H20ClF4NO7. The molecule has 0 saturated carbocycles. The van der Waals surface area contributed by atoms with Gasteiger partial charge in [0.05, 0.1) is 11.1 Å². The molecule has 0 bridgehead atoms. The van der Waals surface area contributed by atoms with Crippen LogP contribution in [-0.4, -0.2) is 63.7 Å². The van der Waals surface area contributed by atoms with Crippen LogP contribution in [0.5, 0.6) is 11.5 Å². The number of rotatable bonds is 2. The topological polar surface area (TPSA) is 131 Å². The number of phenols is 2. The number of halogens is 5. The molecule has 8 nitrogen and oxygen atoms in total. The Kier molecular flexibility index (Phi) is 7.82. The van der Waals surface area contributed by atoms with Crippen molar-refractivity contribution in [1.29, 1.82) is 0 Å². The van der Waals surface area contributed by atoms with Crippen molar-refractivity contribution in [2.75, 3.05) is 20.1 Å². The Balaban J connectivity index is 0.000000454. The summed E-state index contributed by atoms with van der Waals surface area (Å²) >= 11 is 6.11. The molecule has 2 aromatic carbocycles. The fraction of sp³-hybridized carbons (Fsp3) is 0.304. The van der Waals surface area contributed by atoms with Gasteiger partial charge in [-0.2, -0.15) is 13.2 Å². The zero-order valence-electron chi connectivity index (χ0n) is 18.5. The summed E-state index contributed by atoms with van der Waals surface area (Å²) in [6, 6.07) is 5.92. The molecule has 1 aliphatic rings. The van der Waals surface area contributed by atoms with Crippen LogP contribution in [0.2, 0.25) is 5.02 Å². The number of fused-ring (bicyclic) bond motifs is 1. The number of β-amino-alcohol motifs (C(OH)–C–C–N with tert-alkyl or cyclic N) is 1. The van der Waals surface area contributed by atoms with Crippen molar-refractivity contribution in [3.05, 3.63) is 57.0 Å². The van der Waals surface area contributed by atoms with Crippen LogP contribution in [0.4, 0.5) is 17.6 Å². The van der Waals surface area contributed by atoms with Crippen molar-refractivity contribution in [1.82, 2.24) is 4.90 Å². The van der Waals surface area contributed by atoms with Gasteiger partial charge in [0.1, 0.15) is 34.0 Å². The van der Waals surface area contributed by atoms with E-state index in [0.29, 0.717) is 25.1 Å². The van der Waals surface area contributed by atoms with Crippen LogP contribution in [-0.2, 0) is 4.79 Å². The molecule has 194 valence electrons. The number of hydrogen-bond acceptors (Lipinski definition) is 7. The molecule has 4 rings (SSSR count). The molecular weight excluding hydrogens is 514 g/mol. The van der Waals surface area contributed by atoms with Crippen molar-refractivity contribution in [2.45, 2.75) is 24.6 Å². The number of likely N-dealkylation sites (N-methyl/N-ethyl adjacent to an activating group) is 1. The average Bonchev–Trinajstić information content (AvgIpc) is 2.74. The molecule has 1 saturated heterocycles. The third-order valence-electron chi connectivity index (χ3n) is 5.59. The van der Waals surface area contributed by atoms with Gasteiger partial charge in [-0.1, -0.05) is 11.6 Å². The van der Waals surface area contributed by atoms with Crippen molar-refractivity contribution in [3.63, 3.8) is 0 Å². The van der Waals surface area contributed by atoms with Gasteiger partial charge < -0.3 is 29.7 Å². The lowest BCUT2D eigenvalue weighted by atomic mass is 9.85. The number of piperidine rings is 1. The number of carbonyl (C=O) groups is 1. The van der Waals surface area contributed by atoms with Crippen LogP contribution in [0.3, 0.4) is 0 Å². The van der Waals surface area contributed by atoms with Gasteiger partial charge in [-0.25, -0.2) is 9.18 Å². The molecule has 0 spiro atoms. The fourth-order valence-corrected chi connectivity index (χ4v) is 4.19. The Bertz CT molecular complexity index is 1360. The quantitative estimate of drug-likeness (QED) is 0.362. The number of nitrogens with zero attached hydrogens (tertiary/aromatic N) is 1. The summed E-state index contributed by atoms with van der Waals surface area (Å²) in [5, 5.41) is 38.5. The van der Waals surface area contributed by atoms with Gasteiger partial charge in [-0.3, -0.25) is 4.79 Å². The molecule has 4 N–H and O–H groups in total. The summed E-state index contributed by atoms with van der Waals surface area (Å²) in [6.07, 6.45) is -5.35. The van der Waals surface area contributed by atoms with Crippen molar-refractivity contribution in [3.8, 4) is 22.8 Å². The zero-order chi connectivity index (χ0) is 26.9. The number of benzene rings is 2. The highest BCUT2D eigenvalue weighted by Gasteiger charge is 2.38. The highest BCUT2D eigenvalue weighted by molar-refractivity contribution is 6.33. The van der Waals surface area contributed by atoms with Gasteiger partial charge in [0.2, 0.25) is 0 Å². The number of hydrogen-bond donors (Lipinski definition) is 4. The molecule has 3 aromatic rings. The minimum Gasteiger partial charge on any atom is -0.507 e. The molecule has 0 aliphatic carbocycles. The van der Waals surface area contributed by atoms with Crippen LogP contribution < -0.4 is 5.43 Å². The van der Waals surface area contributed by atoms with Crippen LogP contribution in [0, 0.1) is 5.82 Å². The first-order valence-electron chi connectivity index (χ1n) is 10.4. The van der Waals surface area contributed by atoms with Crippen molar-refractivity contribution >= 4 is 28.5 Å². The third-order valence-corrected chi connectivity index (χ3v) is 5.91. The molecule has 0 radical (unpaired) electrons. The zero-order valence-corrected chi connectivity index (χ0v) is 19.3. The second-order valence-corrected chi connectivity index (χ2v) is 8.57. The standard InChI is InChI=1S/C21H19ClFNO5.C2HF3O2/c1-24-5-4-12(17(28)9-24)19-14(25)7-15(26)20-16(27)8-18(29-21(19)20)11-3-2-10(23)6-13(11)22;3-2(4,5)1(6)7/h2-3,6-8,12,17,25-26,28H,4-5,9H2,1H3;(H,6,7)/t12-,17+;/m0./s1. The lowest BCUT2D eigenvalue weighted by molar-refractivity contribution is -0.192. The summed E-state index contributed by atoms with van der Waals surface area (Å²) in [7, 11) is 1.88. The lowest BCUT2D eigenvalue weighted by Crippen LogP contribution is -2.40. The fourth-order valence-electron chi connectivity index (χ4n) is 3.93. The van der Waals surface area contributed by atoms with Gasteiger partial charge in [0, 0.05) is 35.7 Å². The number of alkyl halides is 3. The van der Waals surface area contributed by atoms with E-state index in [1.165, 1.54) is 12.1 Å². The molecule has 2 atom stereocenters. The average molecular weight is 534 g/mol. The van der Waals surface area contributed by atoms with E-state index in [4.69, 9.17) is 25.9 Å².